The maximum atomic E-state index is 12.1. The standard InChI is InChI=1S/C17H25N3O2.ClH/c1-12(2)16(21)20-15-7-5-13(6-8-15)10-19-17(22)14-4-3-9-18-11-14;/h5-8,12,14,18H,3-4,9-11H2,1-2H3,(H,19,22)(H,20,21);1H. The summed E-state index contributed by atoms with van der Waals surface area (Å²) in [5.41, 5.74) is 1.81. The number of halogens is 1. The Morgan fingerprint density at radius 3 is 2.52 bits per heavy atom. The normalized spacial score (nSPS) is 17.3. The Kier molecular flexibility index (Phi) is 8.06. The Hall–Kier alpha value is -1.59. The largest absolute Gasteiger partial charge is 0.352 e. The lowest BCUT2D eigenvalue weighted by Crippen LogP contribution is -2.40. The van der Waals surface area contributed by atoms with Gasteiger partial charge in [-0.1, -0.05) is 26.0 Å². The topological polar surface area (TPSA) is 70.2 Å². The van der Waals surface area contributed by atoms with Crippen molar-refractivity contribution in [2.24, 2.45) is 11.8 Å². The lowest BCUT2D eigenvalue weighted by molar-refractivity contribution is -0.125. The number of carbonyl (C=O) groups excluding carboxylic acids is 2. The van der Waals surface area contributed by atoms with Crippen LogP contribution in [0.4, 0.5) is 5.69 Å². The summed E-state index contributed by atoms with van der Waals surface area (Å²) in [6.45, 7) is 6.02. The van der Waals surface area contributed by atoms with Crippen molar-refractivity contribution in [1.82, 2.24) is 10.6 Å². The molecule has 1 aliphatic heterocycles. The number of anilines is 1. The van der Waals surface area contributed by atoms with Crippen molar-refractivity contribution in [1.29, 1.82) is 0 Å². The summed E-state index contributed by atoms with van der Waals surface area (Å²) in [4.78, 5) is 23.7. The molecule has 5 nitrogen and oxygen atoms in total. The van der Waals surface area contributed by atoms with Gasteiger partial charge in [0.25, 0.3) is 0 Å². The van der Waals surface area contributed by atoms with Crippen LogP contribution < -0.4 is 16.0 Å². The van der Waals surface area contributed by atoms with Crippen LogP contribution in [0, 0.1) is 11.8 Å². The number of hydrogen-bond donors (Lipinski definition) is 3. The summed E-state index contributed by atoms with van der Waals surface area (Å²) in [5, 5.41) is 9.08. The van der Waals surface area contributed by atoms with E-state index in [-0.39, 0.29) is 36.1 Å². The van der Waals surface area contributed by atoms with E-state index in [2.05, 4.69) is 16.0 Å². The van der Waals surface area contributed by atoms with Crippen LogP contribution in [0.2, 0.25) is 0 Å². The van der Waals surface area contributed by atoms with Crippen LogP contribution in [0.1, 0.15) is 32.3 Å². The highest BCUT2D eigenvalue weighted by molar-refractivity contribution is 5.92. The second-order valence-corrected chi connectivity index (χ2v) is 6.10. The highest BCUT2D eigenvalue weighted by atomic mass is 35.5. The Morgan fingerprint density at radius 2 is 1.96 bits per heavy atom. The van der Waals surface area contributed by atoms with Gasteiger partial charge < -0.3 is 16.0 Å². The molecule has 0 saturated carbocycles. The van der Waals surface area contributed by atoms with Gasteiger partial charge in [0.05, 0.1) is 5.92 Å². The molecule has 1 aromatic carbocycles. The molecule has 0 spiro atoms. The molecule has 6 heteroatoms. The molecule has 2 amide bonds. The van der Waals surface area contributed by atoms with Gasteiger partial charge >= 0.3 is 0 Å². The molecule has 0 aliphatic carbocycles. The van der Waals surface area contributed by atoms with Gasteiger partial charge in [-0.3, -0.25) is 9.59 Å². The Labute approximate surface area is 144 Å². The average molecular weight is 340 g/mol. The molecular weight excluding hydrogens is 314 g/mol. The molecule has 23 heavy (non-hydrogen) atoms. The summed E-state index contributed by atoms with van der Waals surface area (Å²) < 4.78 is 0. The quantitative estimate of drug-likeness (QED) is 0.771. The molecule has 128 valence electrons. The molecule has 1 saturated heterocycles. The average Bonchev–Trinajstić information content (AvgIpc) is 2.54. The van der Waals surface area contributed by atoms with E-state index >= 15 is 0 Å². The lowest BCUT2D eigenvalue weighted by Gasteiger charge is -2.21. The van der Waals surface area contributed by atoms with Gasteiger partial charge in [0.1, 0.15) is 0 Å². The first kappa shape index (κ1) is 19.5. The van der Waals surface area contributed by atoms with Crippen molar-refractivity contribution in [3.63, 3.8) is 0 Å². The number of rotatable bonds is 5. The Balaban J connectivity index is 0.00000264. The SMILES string of the molecule is CC(C)C(=O)Nc1ccc(CNC(=O)C2CCCNC2)cc1.Cl. The number of piperidine rings is 1. The first-order chi connectivity index (χ1) is 10.6. The molecule has 1 aliphatic rings. The molecule has 1 heterocycles. The fraction of sp³-hybridized carbons (Fsp3) is 0.529. The van der Waals surface area contributed by atoms with Gasteiger partial charge in [-0.2, -0.15) is 0 Å². The highest BCUT2D eigenvalue weighted by Crippen LogP contribution is 2.12. The van der Waals surface area contributed by atoms with Gasteiger partial charge in [-0.05, 0) is 37.1 Å². The smallest absolute Gasteiger partial charge is 0.226 e. The van der Waals surface area contributed by atoms with Crippen LogP contribution in [0.25, 0.3) is 0 Å². The van der Waals surface area contributed by atoms with E-state index in [1.807, 2.05) is 38.1 Å². The lowest BCUT2D eigenvalue weighted by atomic mass is 9.99. The minimum Gasteiger partial charge on any atom is -0.352 e. The summed E-state index contributed by atoms with van der Waals surface area (Å²) >= 11 is 0. The van der Waals surface area contributed by atoms with E-state index < -0.39 is 0 Å². The molecular formula is C17H26ClN3O2. The van der Waals surface area contributed by atoms with E-state index in [4.69, 9.17) is 0 Å². The third-order valence-corrected chi connectivity index (χ3v) is 3.88. The highest BCUT2D eigenvalue weighted by Gasteiger charge is 2.20. The van der Waals surface area contributed by atoms with Crippen molar-refractivity contribution >= 4 is 29.9 Å². The summed E-state index contributed by atoms with van der Waals surface area (Å²) in [6, 6.07) is 7.58. The van der Waals surface area contributed by atoms with Crippen LogP contribution in [0.3, 0.4) is 0 Å². The van der Waals surface area contributed by atoms with E-state index in [0.29, 0.717) is 6.54 Å². The molecule has 1 unspecified atom stereocenters. The van der Waals surface area contributed by atoms with Crippen molar-refractivity contribution in [3.8, 4) is 0 Å². The fourth-order valence-electron chi connectivity index (χ4n) is 2.40. The number of amides is 2. The first-order valence-electron chi connectivity index (χ1n) is 7.94. The summed E-state index contributed by atoms with van der Waals surface area (Å²) in [5.74, 6) is 0.164. The molecule has 0 bridgehead atoms. The Morgan fingerprint density at radius 1 is 1.26 bits per heavy atom. The maximum Gasteiger partial charge on any atom is 0.226 e. The summed E-state index contributed by atoms with van der Waals surface area (Å²) in [6.07, 6.45) is 2.02. The molecule has 3 N–H and O–H groups in total. The predicted molar refractivity (Wildman–Crippen MR) is 94.6 cm³/mol. The zero-order valence-corrected chi connectivity index (χ0v) is 14.5. The molecule has 0 aromatic heterocycles. The number of benzene rings is 1. The van der Waals surface area contributed by atoms with Crippen molar-refractivity contribution < 1.29 is 9.59 Å². The third-order valence-electron chi connectivity index (χ3n) is 3.88. The first-order valence-corrected chi connectivity index (χ1v) is 7.94. The monoisotopic (exact) mass is 339 g/mol. The Bertz CT molecular complexity index is 511. The van der Waals surface area contributed by atoms with Crippen molar-refractivity contribution in [3.05, 3.63) is 29.8 Å². The van der Waals surface area contributed by atoms with E-state index in [0.717, 1.165) is 37.2 Å². The second kappa shape index (κ2) is 9.53. The number of nitrogens with one attached hydrogen (secondary N) is 3. The zero-order chi connectivity index (χ0) is 15.9. The minimum atomic E-state index is -0.0388. The van der Waals surface area contributed by atoms with Gasteiger partial charge in [0, 0.05) is 24.7 Å². The molecule has 1 atom stereocenters. The third kappa shape index (κ3) is 6.20. The van der Waals surface area contributed by atoms with Crippen LogP contribution in [0.15, 0.2) is 24.3 Å². The summed E-state index contributed by atoms with van der Waals surface area (Å²) in [7, 11) is 0. The van der Waals surface area contributed by atoms with Gasteiger partial charge in [0.15, 0.2) is 0 Å². The van der Waals surface area contributed by atoms with Crippen LogP contribution in [-0.2, 0) is 16.1 Å². The van der Waals surface area contributed by atoms with E-state index in [9.17, 15) is 9.59 Å². The van der Waals surface area contributed by atoms with Crippen molar-refractivity contribution in [2.75, 3.05) is 18.4 Å². The molecule has 1 fully saturated rings. The minimum absolute atomic E-state index is 0. The van der Waals surface area contributed by atoms with Crippen LogP contribution in [0.5, 0.6) is 0 Å². The van der Waals surface area contributed by atoms with E-state index in [1.54, 1.807) is 0 Å². The fourth-order valence-corrected chi connectivity index (χ4v) is 2.40. The second-order valence-electron chi connectivity index (χ2n) is 6.10. The molecule has 0 radical (unpaired) electrons. The van der Waals surface area contributed by atoms with Gasteiger partial charge in [-0.15, -0.1) is 12.4 Å². The van der Waals surface area contributed by atoms with Crippen LogP contribution in [-0.4, -0.2) is 24.9 Å². The molecule has 2 rings (SSSR count). The number of carbonyl (C=O) groups is 2. The van der Waals surface area contributed by atoms with Crippen LogP contribution >= 0.6 is 12.4 Å². The van der Waals surface area contributed by atoms with Gasteiger partial charge in [0.2, 0.25) is 11.8 Å². The predicted octanol–water partition coefficient (Wildman–Crippen LogP) is 2.32. The van der Waals surface area contributed by atoms with Crippen molar-refractivity contribution in [2.45, 2.75) is 33.2 Å². The molecule has 1 aromatic rings. The zero-order valence-electron chi connectivity index (χ0n) is 13.7. The van der Waals surface area contributed by atoms with E-state index in [1.165, 1.54) is 0 Å². The number of hydrogen-bond acceptors (Lipinski definition) is 3. The maximum absolute atomic E-state index is 12.1. The van der Waals surface area contributed by atoms with Gasteiger partial charge in [-0.25, -0.2) is 0 Å².